The van der Waals surface area contributed by atoms with Gasteiger partial charge in [-0.1, -0.05) is 6.92 Å². The largest absolute Gasteiger partial charge is 0.506 e. The van der Waals surface area contributed by atoms with Crippen LogP contribution in [0.5, 0.6) is 5.75 Å². The van der Waals surface area contributed by atoms with E-state index >= 15 is 0 Å². The Morgan fingerprint density at radius 3 is 2.72 bits per heavy atom. The molecule has 1 aromatic heterocycles. The summed E-state index contributed by atoms with van der Waals surface area (Å²) >= 11 is 0. The number of aromatic nitrogens is 1. The van der Waals surface area contributed by atoms with Crippen LogP contribution in [0.15, 0.2) is 18.3 Å². The van der Waals surface area contributed by atoms with Crippen molar-refractivity contribution in [2.24, 2.45) is 5.92 Å². The van der Waals surface area contributed by atoms with Crippen molar-refractivity contribution in [3.05, 3.63) is 24.0 Å². The SMILES string of the molecule is CC1CCC(NC(=O)Cc2ccc(O)cn2)CC1. The minimum atomic E-state index is 0.0211. The summed E-state index contributed by atoms with van der Waals surface area (Å²) in [5.41, 5.74) is 0.689. The van der Waals surface area contributed by atoms with Crippen LogP contribution in [0.25, 0.3) is 0 Å². The molecule has 1 aromatic rings. The second-order valence-corrected chi connectivity index (χ2v) is 5.21. The van der Waals surface area contributed by atoms with E-state index < -0.39 is 0 Å². The topological polar surface area (TPSA) is 62.2 Å². The van der Waals surface area contributed by atoms with E-state index in [0.29, 0.717) is 11.7 Å². The van der Waals surface area contributed by atoms with E-state index in [9.17, 15) is 4.79 Å². The van der Waals surface area contributed by atoms with Crippen LogP contribution in [-0.2, 0) is 11.2 Å². The van der Waals surface area contributed by atoms with Gasteiger partial charge in [0.2, 0.25) is 5.91 Å². The molecule has 1 aliphatic carbocycles. The lowest BCUT2D eigenvalue weighted by atomic mass is 9.87. The quantitative estimate of drug-likeness (QED) is 0.860. The number of hydrogen-bond acceptors (Lipinski definition) is 3. The Hall–Kier alpha value is -1.58. The van der Waals surface area contributed by atoms with Crippen molar-refractivity contribution in [1.29, 1.82) is 0 Å². The van der Waals surface area contributed by atoms with Crippen molar-refractivity contribution in [3.8, 4) is 5.75 Å². The molecule has 0 aliphatic heterocycles. The second kappa shape index (κ2) is 5.85. The molecular weight excluding hydrogens is 228 g/mol. The van der Waals surface area contributed by atoms with Crippen LogP contribution in [0.3, 0.4) is 0 Å². The molecule has 1 fully saturated rings. The normalized spacial score (nSPS) is 23.6. The van der Waals surface area contributed by atoms with Crippen molar-refractivity contribution in [2.75, 3.05) is 0 Å². The summed E-state index contributed by atoms with van der Waals surface area (Å²) in [7, 11) is 0. The van der Waals surface area contributed by atoms with Gasteiger partial charge in [-0.25, -0.2) is 0 Å². The molecule has 1 amide bonds. The van der Waals surface area contributed by atoms with Gasteiger partial charge in [0.05, 0.1) is 12.6 Å². The maximum Gasteiger partial charge on any atom is 0.226 e. The van der Waals surface area contributed by atoms with Crippen LogP contribution in [0.4, 0.5) is 0 Å². The van der Waals surface area contributed by atoms with Crippen LogP contribution >= 0.6 is 0 Å². The van der Waals surface area contributed by atoms with Crippen LogP contribution in [-0.4, -0.2) is 22.0 Å². The average molecular weight is 248 g/mol. The fraction of sp³-hybridized carbons (Fsp3) is 0.571. The lowest BCUT2D eigenvalue weighted by molar-refractivity contribution is -0.121. The molecule has 0 aromatic carbocycles. The average Bonchev–Trinajstić information content (AvgIpc) is 2.35. The molecule has 0 saturated heterocycles. The number of nitrogens with zero attached hydrogens (tertiary/aromatic N) is 1. The van der Waals surface area contributed by atoms with Crippen LogP contribution < -0.4 is 5.32 Å². The maximum atomic E-state index is 11.8. The predicted octanol–water partition coefficient (Wildman–Crippen LogP) is 2.02. The Morgan fingerprint density at radius 2 is 2.11 bits per heavy atom. The number of amides is 1. The molecule has 4 heteroatoms. The highest BCUT2D eigenvalue weighted by Gasteiger charge is 2.19. The first-order valence-electron chi connectivity index (χ1n) is 6.57. The Bertz CT molecular complexity index is 395. The zero-order valence-electron chi connectivity index (χ0n) is 10.7. The molecule has 4 nitrogen and oxygen atoms in total. The molecule has 1 saturated carbocycles. The van der Waals surface area contributed by atoms with Crippen molar-refractivity contribution in [2.45, 2.75) is 45.1 Å². The van der Waals surface area contributed by atoms with Gasteiger partial charge in [-0.3, -0.25) is 9.78 Å². The van der Waals surface area contributed by atoms with E-state index in [1.54, 1.807) is 12.1 Å². The number of nitrogens with one attached hydrogen (secondary N) is 1. The number of rotatable bonds is 3. The van der Waals surface area contributed by atoms with Crippen molar-refractivity contribution in [3.63, 3.8) is 0 Å². The van der Waals surface area contributed by atoms with Crippen LogP contribution in [0.2, 0.25) is 0 Å². The summed E-state index contributed by atoms with van der Waals surface area (Å²) in [5.74, 6) is 0.935. The predicted molar refractivity (Wildman–Crippen MR) is 69.2 cm³/mol. The third kappa shape index (κ3) is 3.72. The summed E-state index contributed by atoms with van der Waals surface area (Å²) in [4.78, 5) is 15.8. The second-order valence-electron chi connectivity index (χ2n) is 5.21. The third-order valence-electron chi connectivity index (χ3n) is 3.53. The van der Waals surface area contributed by atoms with E-state index in [4.69, 9.17) is 5.11 Å². The fourth-order valence-electron chi connectivity index (χ4n) is 2.37. The molecule has 1 aliphatic rings. The number of hydrogen-bond donors (Lipinski definition) is 2. The van der Waals surface area contributed by atoms with Gasteiger partial charge in [0.15, 0.2) is 0 Å². The number of carbonyl (C=O) groups is 1. The van der Waals surface area contributed by atoms with Gasteiger partial charge in [-0.05, 0) is 43.7 Å². The Morgan fingerprint density at radius 1 is 1.39 bits per heavy atom. The summed E-state index contributed by atoms with van der Waals surface area (Å²) in [5, 5.41) is 12.2. The Kier molecular flexibility index (Phi) is 4.18. The molecule has 0 unspecified atom stereocenters. The van der Waals surface area contributed by atoms with E-state index in [-0.39, 0.29) is 18.1 Å². The molecule has 0 bridgehead atoms. The molecule has 1 heterocycles. The number of carbonyl (C=O) groups excluding carboxylic acids is 1. The van der Waals surface area contributed by atoms with Crippen molar-refractivity contribution >= 4 is 5.91 Å². The van der Waals surface area contributed by atoms with Gasteiger partial charge in [0, 0.05) is 11.7 Å². The summed E-state index contributed by atoms with van der Waals surface area (Å²) in [6.45, 7) is 2.26. The highest BCUT2D eigenvalue weighted by molar-refractivity contribution is 5.78. The molecule has 2 N–H and O–H groups in total. The highest BCUT2D eigenvalue weighted by atomic mass is 16.3. The van der Waals surface area contributed by atoms with Gasteiger partial charge in [0.1, 0.15) is 5.75 Å². The minimum Gasteiger partial charge on any atom is -0.506 e. The third-order valence-corrected chi connectivity index (χ3v) is 3.53. The van der Waals surface area contributed by atoms with Crippen molar-refractivity contribution in [1.82, 2.24) is 10.3 Å². The van der Waals surface area contributed by atoms with Crippen molar-refractivity contribution < 1.29 is 9.90 Å². The standard InChI is InChI=1S/C14H20N2O2/c1-10-2-4-11(5-3-10)16-14(18)8-12-6-7-13(17)9-15-12/h6-7,9-11,17H,2-5,8H2,1H3,(H,16,18). The lowest BCUT2D eigenvalue weighted by Gasteiger charge is -2.26. The molecule has 18 heavy (non-hydrogen) atoms. The van der Waals surface area contributed by atoms with Crippen LogP contribution in [0, 0.1) is 5.92 Å². The van der Waals surface area contributed by atoms with Crippen LogP contribution in [0.1, 0.15) is 38.3 Å². The first kappa shape index (κ1) is 12.9. The number of aromatic hydroxyl groups is 1. The molecular formula is C14H20N2O2. The minimum absolute atomic E-state index is 0.0211. The summed E-state index contributed by atoms with van der Waals surface area (Å²) in [6.07, 6.45) is 6.20. The van der Waals surface area contributed by atoms with Gasteiger partial charge < -0.3 is 10.4 Å². The maximum absolute atomic E-state index is 11.8. The molecule has 0 radical (unpaired) electrons. The molecule has 0 atom stereocenters. The summed E-state index contributed by atoms with van der Waals surface area (Å²) in [6, 6.07) is 3.56. The van der Waals surface area contributed by atoms with E-state index in [2.05, 4.69) is 17.2 Å². The number of pyridine rings is 1. The molecule has 0 spiro atoms. The zero-order valence-corrected chi connectivity index (χ0v) is 10.7. The van der Waals surface area contributed by atoms with E-state index in [0.717, 1.165) is 18.8 Å². The fourth-order valence-corrected chi connectivity index (χ4v) is 2.37. The zero-order chi connectivity index (χ0) is 13.0. The van der Waals surface area contributed by atoms with Gasteiger partial charge in [-0.15, -0.1) is 0 Å². The Balaban J connectivity index is 1.80. The molecule has 2 rings (SSSR count). The van der Waals surface area contributed by atoms with Gasteiger partial charge in [0.25, 0.3) is 0 Å². The smallest absolute Gasteiger partial charge is 0.226 e. The van der Waals surface area contributed by atoms with E-state index in [1.807, 2.05) is 0 Å². The first-order chi connectivity index (χ1) is 8.63. The Labute approximate surface area is 107 Å². The van der Waals surface area contributed by atoms with Gasteiger partial charge in [-0.2, -0.15) is 0 Å². The lowest BCUT2D eigenvalue weighted by Crippen LogP contribution is -2.38. The monoisotopic (exact) mass is 248 g/mol. The highest BCUT2D eigenvalue weighted by Crippen LogP contribution is 2.23. The van der Waals surface area contributed by atoms with E-state index in [1.165, 1.54) is 19.0 Å². The van der Waals surface area contributed by atoms with Gasteiger partial charge >= 0.3 is 0 Å². The first-order valence-corrected chi connectivity index (χ1v) is 6.57. The summed E-state index contributed by atoms with van der Waals surface area (Å²) < 4.78 is 0. The molecule has 98 valence electrons.